The van der Waals surface area contributed by atoms with E-state index in [-0.39, 0.29) is 41.7 Å². The lowest BCUT2D eigenvalue weighted by Crippen LogP contribution is -2.54. The van der Waals surface area contributed by atoms with Gasteiger partial charge in [0.25, 0.3) is 17.4 Å². The van der Waals surface area contributed by atoms with Gasteiger partial charge in [-0.2, -0.15) is 0 Å². The minimum atomic E-state index is -1.02. The number of ether oxygens (including phenoxy) is 1. The molecule has 6 heterocycles. The van der Waals surface area contributed by atoms with Gasteiger partial charge in [-0.05, 0) is 62.3 Å². The first-order valence-electron chi connectivity index (χ1n) is 17.5. The Labute approximate surface area is 288 Å². The number of likely N-dealkylation sites (tertiary alicyclic amines) is 1. The van der Waals surface area contributed by atoms with Gasteiger partial charge in [0.15, 0.2) is 0 Å². The van der Waals surface area contributed by atoms with Crippen molar-refractivity contribution in [2.45, 2.75) is 50.7 Å². The number of nitrogens with zero attached hydrogens (tertiary/aromatic N) is 7. The summed E-state index contributed by atoms with van der Waals surface area (Å²) in [4.78, 5) is 82.8. The molecule has 4 aliphatic rings. The summed E-state index contributed by atoms with van der Waals surface area (Å²) in [5, 5.41) is 2.60. The van der Waals surface area contributed by atoms with Gasteiger partial charge >= 0.3 is 0 Å². The van der Waals surface area contributed by atoms with Crippen LogP contribution in [0.4, 0.5) is 5.95 Å². The number of amides is 4. The molecule has 8 rings (SSSR count). The molecular weight excluding hydrogens is 640 g/mol. The Morgan fingerprint density at radius 1 is 0.860 bits per heavy atom. The minimum absolute atomic E-state index is 0.0681. The molecule has 14 nitrogen and oxygen atoms in total. The number of benzene rings is 2. The quantitative estimate of drug-likeness (QED) is 0.286. The zero-order chi connectivity index (χ0) is 35.2. The Morgan fingerprint density at radius 3 is 2.40 bits per heavy atom. The van der Waals surface area contributed by atoms with Gasteiger partial charge in [0.05, 0.1) is 41.5 Å². The summed E-state index contributed by atoms with van der Waals surface area (Å²) in [6.45, 7) is 4.34. The van der Waals surface area contributed by atoms with Crippen LogP contribution >= 0.6 is 0 Å². The molecule has 4 aliphatic heterocycles. The molecule has 0 spiro atoms. The first-order chi connectivity index (χ1) is 24.7. The Morgan fingerprint density at radius 2 is 1.64 bits per heavy atom. The maximum absolute atomic E-state index is 13.4. The van der Waals surface area contributed by atoms with E-state index in [0.717, 1.165) is 63.3 Å². The van der Waals surface area contributed by atoms with Crippen LogP contribution in [0.5, 0.6) is 5.75 Å². The molecule has 50 heavy (non-hydrogen) atoms. The van der Waals surface area contributed by atoms with Crippen molar-refractivity contribution in [3.63, 3.8) is 0 Å². The number of rotatable bonds is 7. The van der Waals surface area contributed by atoms with Gasteiger partial charge in [-0.25, -0.2) is 15.0 Å². The molecule has 256 valence electrons. The van der Waals surface area contributed by atoms with Crippen molar-refractivity contribution in [1.29, 1.82) is 0 Å². The lowest BCUT2D eigenvalue weighted by molar-refractivity contribution is -0.136. The number of piperidine rings is 3. The minimum Gasteiger partial charge on any atom is -0.489 e. The van der Waals surface area contributed by atoms with E-state index in [0.29, 0.717) is 34.2 Å². The zero-order valence-electron chi connectivity index (χ0n) is 28.3. The fourth-order valence-corrected chi connectivity index (χ4v) is 7.45. The fraction of sp³-hybridized carbons (Fsp3) is 0.389. The number of imide groups is 2. The summed E-state index contributed by atoms with van der Waals surface area (Å²) in [6, 6.07) is 8.98. The van der Waals surface area contributed by atoms with Gasteiger partial charge in [0, 0.05) is 39.1 Å². The summed E-state index contributed by atoms with van der Waals surface area (Å²) < 4.78 is 15.6. The molecule has 4 amide bonds. The first-order valence-corrected chi connectivity index (χ1v) is 17.0. The van der Waals surface area contributed by atoms with Crippen molar-refractivity contribution in [1.82, 2.24) is 34.6 Å². The van der Waals surface area contributed by atoms with Crippen LogP contribution in [0.3, 0.4) is 0 Å². The molecule has 0 saturated carbocycles. The van der Waals surface area contributed by atoms with Crippen molar-refractivity contribution in [3.05, 3.63) is 82.6 Å². The number of hydrogen-bond acceptors (Lipinski definition) is 11. The normalized spacial score (nSPS) is 21.0. The van der Waals surface area contributed by atoms with Gasteiger partial charge in [0.1, 0.15) is 24.2 Å². The molecule has 1 unspecified atom stereocenters. The number of aromatic nitrogens is 4. The maximum atomic E-state index is 13.4. The molecule has 2 aromatic carbocycles. The molecule has 1 N–H and O–H groups in total. The summed E-state index contributed by atoms with van der Waals surface area (Å²) in [6.07, 6.45) is 8.35. The summed E-state index contributed by atoms with van der Waals surface area (Å²) >= 11 is 0. The fourth-order valence-electron chi connectivity index (χ4n) is 7.45. The third kappa shape index (κ3) is 5.89. The lowest BCUT2D eigenvalue weighted by atomic mass is 9.95. The molecule has 4 aromatic rings. The van der Waals surface area contributed by atoms with Gasteiger partial charge in [-0.15, -0.1) is 0 Å². The number of nitrogens with one attached hydrogen (secondary N) is 1. The third-order valence-corrected chi connectivity index (χ3v) is 10.2. The standard InChI is InChI=1S/C36H36N8O6/c45-30-9-8-28(32(46)40-30)44-34(48)26-5-3-7-29(31(26)35(44)49)50-24-12-14-41(15-13-24)20-22-10-16-42(17-11-22)36-37-18-23(19-38-36)43-21-39-27-6-2-1-4-25(27)33(43)47/h1-7,18-19,21-22,24,28H,8-17,20H2,(H,40,45,46)/i1D. The van der Waals surface area contributed by atoms with Crippen LogP contribution in [0.2, 0.25) is 0 Å². The molecule has 2 aromatic heterocycles. The average Bonchev–Trinajstić information content (AvgIpc) is 3.39. The van der Waals surface area contributed by atoms with E-state index in [1.807, 2.05) is 0 Å². The summed E-state index contributed by atoms with van der Waals surface area (Å²) in [5.74, 6) is -0.646. The second kappa shape index (κ2) is 13.1. The zero-order valence-corrected chi connectivity index (χ0v) is 27.3. The monoisotopic (exact) mass is 677 g/mol. The molecule has 14 heteroatoms. The SMILES string of the molecule is [2H]c1ccc2ncn(-c3cnc(N4CCC(CN5CCC(Oc6cccc7c6C(=O)N(C6CCC(=O)NC6=O)C7=O)CC5)CC4)nc3)c(=O)c2c1. The van der Waals surface area contributed by atoms with Crippen molar-refractivity contribution in [3.8, 4) is 11.4 Å². The van der Waals surface area contributed by atoms with Gasteiger partial charge < -0.3 is 14.5 Å². The van der Waals surface area contributed by atoms with Crippen molar-refractivity contribution >= 4 is 40.5 Å². The van der Waals surface area contributed by atoms with E-state index in [9.17, 15) is 24.0 Å². The molecule has 1 atom stereocenters. The topological polar surface area (TPSA) is 160 Å². The predicted molar refractivity (Wildman–Crippen MR) is 181 cm³/mol. The van der Waals surface area contributed by atoms with E-state index >= 15 is 0 Å². The number of anilines is 1. The molecule has 0 radical (unpaired) electrons. The Kier molecular flexibility index (Phi) is 7.99. The molecule has 0 aliphatic carbocycles. The van der Waals surface area contributed by atoms with Gasteiger partial charge in [-0.1, -0.05) is 18.2 Å². The number of hydrogen-bond donors (Lipinski definition) is 1. The smallest absolute Gasteiger partial charge is 0.266 e. The van der Waals surface area contributed by atoms with Crippen molar-refractivity contribution in [2.75, 3.05) is 37.6 Å². The highest BCUT2D eigenvalue weighted by atomic mass is 16.5. The Balaban J connectivity index is 0.828. The summed E-state index contributed by atoms with van der Waals surface area (Å²) in [5.41, 5.74) is 1.19. The van der Waals surface area contributed by atoms with E-state index in [1.165, 1.54) is 17.0 Å². The summed E-state index contributed by atoms with van der Waals surface area (Å²) in [7, 11) is 0. The molecule has 3 fully saturated rings. The van der Waals surface area contributed by atoms with Crippen molar-refractivity contribution < 1.29 is 25.3 Å². The van der Waals surface area contributed by atoms with E-state index in [4.69, 9.17) is 6.11 Å². The van der Waals surface area contributed by atoms with E-state index in [1.54, 1.807) is 42.7 Å². The highest BCUT2D eigenvalue weighted by Crippen LogP contribution is 2.35. The van der Waals surface area contributed by atoms with Crippen LogP contribution < -0.4 is 20.5 Å². The van der Waals surface area contributed by atoms with Gasteiger partial charge in [0.2, 0.25) is 17.8 Å². The van der Waals surface area contributed by atoms with Crippen LogP contribution in [0.1, 0.15) is 60.6 Å². The van der Waals surface area contributed by atoms with Crippen molar-refractivity contribution in [2.24, 2.45) is 5.92 Å². The van der Waals surface area contributed by atoms with Crippen LogP contribution in [0, 0.1) is 5.92 Å². The van der Waals surface area contributed by atoms with E-state index < -0.39 is 29.7 Å². The number of fused-ring (bicyclic) bond motifs is 2. The number of para-hydroxylation sites is 1. The number of carbonyl (C=O) groups is 4. The molecular formula is C36H36N8O6. The largest absolute Gasteiger partial charge is 0.489 e. The van der Waals surface area contributed by atoms with Crippen LogP contribution in [0.15, 0.2) is 66.0 Å². The second-order valence-corrected chi connectivity index (χ2v) is 13.3. The molecule has 3 saturated heterocycles. The number of carbonyl (C=O) groups excluding carboxylic acids is 4. The Bertz CT molecular complexity index is 2110. The highest BCUT2D eigenvalue weighted by Gasteiger charge is 2.46. The molecule has 0 bridgehead atoms. The van der Waals surface area contributed by atoms with E-state index in [2.05, 4.69) is 30.1 Å². The van der Waals surface area contributed by atoms with Gasteiger partial charge in [-0.3, -0.25) is 38.8 Å². The second-order valence-electron chi connectivity index (χ2n) is 13.3. The van der Waals surface area contributed by atoms with Crippen LogP contribution in [-0.2, 0) is 9.59 Å². The van der Waals surface area contributed by atoms with Crippen LogP contribution in [-0.4, -0.2) is 97.8 Å². The predicted octanol–water partition coefficient (Wildman–Crippen LogP) is 2.34. The maximum Gasteiger partial charge on any atom is 0.266 e. The Hall–Kier alpha value is -5.50. The highest BCUT2D eigenvalue weighted by molar-refractivity contribution is 6.24. The third-order valence-electron chi connectivity index (χ3n) is 10.2. The first kappa shape index (κ1) is 30.6. The lowest BCUT2D eigenvalue weighted by Gasteiger charge is -2.37. The van der Waals surface area contributed by atoms with Crippen LogP contribution in [0.25, 0.3) is 16.6 Å². The average molecular weight is 678 g/mol.